The zero-order valence-corrected chi connectivity index (χ0v) is 15.9. The molecule has 24 heavy (non-hydrogen) atoms. The maximum Gasteiger partial charge on any atom is 0.408 e. The van der Waals surface area contributed by atoms with Crippen LogP contribution in [0.1, 0.15) is 39.3 Å². The van der Waals surface area contributed by atoms with Gasteiger partial charge >= 0.3 is 6.09 Å². The van der Waals surface area contributed by atoms with Gasteiger partial charge in [-0.3, -0.25) is 0 Å². The van der Waals surface area contributed by atoms with Gasteiger partial charge in [-0.25, -0.2) is 4.79 Å². The lowest BCUT2D eigenvalue weighted by Gasteiger charge is -2.34. The molecule has 1 aliphatic heterocycles. The number of halogens is 1. The molecule has 1 aromatic carbocycles. The van der Waals surface area contributed by atoms with Crippen LogP contribution in [0.15, 0.2) is 22.7 Å². The van der Waals surface area contributed by atoms with E-state index in [-0.39, 0.29) is 13.2 Å². The maximum absolute atomic E-state index is 12.2. The van der Waals surface area contributed by atoms with Crippen molar-refractivity contribution in [3.63, 3.8) is 0 Å². The minimum Gasteiger partial charge on any atom is -0.490 e. The minimum absolute atomic E-state index is 0.159. The van der Waals surface area contributed by atoms with E-state index in [0.717, 1.165) is 10.0 Å². The molecular formula is C17H24BrNO5. The molecule has 0 saturated heterocycles. The Morgan fingerprint density at radius 2 is 2.21 bits per heavy atom. The van der Waals surface area contributed by atoms with E-state index in [1.54, 1.807) is 6.92 Å². The quantitative estimate of drug-likeness (QED) is 0.809. The molecule has 2 N–H and O–H groups in total. The van der Waals surface area contributed by atoms with Crippen molar-refractivity contribution in [3.05, 3.63) is 28.2 Å². The van der Waals surface area contributed by atoms with Crippen molar-refractivity contribution >= 4 is 22.0 Å². The number of fused-ring (bicyclic) bond motifs is 1. The summed E-state index contributed by atoms with van der Waals surface area (Å²) in [7, 11) is 0. The highest BCUT2D eigenvalue weighted by Crippen LogP contribution is 2.35. The molecule has 0 saturated carbocycles. The van der Waals surface area contributed by atoms with Crippen LogP contribution in [-0.2, 0) is 9.47 Å². The summed E-state index contributed by atoms with van der Waals surface area (Å²) >= 11 is 3.41. The molecule has 134 valence electrons. The summed E-state index contributed by atoms with van der Waals surface area (Å²) in [4.78, 5) is 12.2. The Kier molecular flexibility index (Phi) is 6.11. The van der Waals surface area contributed by atoms with Crippen LogP contribution in [0.5, 0.6) is 5.75 Å². The van der Waals surface area contributed by atoms with Crippen LogP contribution in [0.4, 0.5) is 4.79 Å². The van der Waals surface area contributed by atoms with E-state index in [9.17, 15) is 9.90 Å². The molecule has 0 bridgehead atoms. The third kappa shape index (κ3) is 5.36. The van der Waals surface area contributed by atoms with Gasteiger partial charge < -0.3 is 24.6 Å². The maximum atomic E-state index is 12.2. The second-order valence-corrected chi connectivity index (χ2v) is 7.75. The third-order valence-corrected chi connectivity index (χ3v) is 3.80. The van der Waals surface area contributed by atoms with Crippen LogP contribution < -0.4 is 10.1 Å². The number of rotatable bonds is 4. The first kappa shape index (κ1) is 19.0. The molecule has 1 amide bonds. The van der Waals surface area contributed by atoms with Crippen LogP contribution in [0.3, 0.4) is 0 Å². The Hall–Kier alpha value is -1.31. The van der Waals surface area contributed by atoms with Crippen LogP contribution in [0.2, 0.25) is 0 Å². The standard InChI is InChI=1S/C17H24BrNO5/c1-10(20)8-22-14-9-23-13-7-11(18)5-6-12(13)15(14)19-16(21)24-17(2,3)4/h5-7,10,14-15,20H,8-9H2,1-4H3,(H,19,21)/t10-,14+,15-/m0/s1. The first-order chi connectivity index (χ1) is 11.2. The van der Waals surface area contributed by atoms with Crippen molar-refractivity contribution in [2.24, 2.45) is 0 Å². The molecule has 0 aliphatic carbocycles. The number of amides is 1. The van der Waals surface area contributed by atoms with Crippen molar-refractivity contribution in [1.82, 2.24) is 5.32 Å². The van der Waals surface area contributed by atoms with E-state index in [0.29, 0.717) is 5.75 Å². The third-order valence-electron chi connectivity index (χ3n) is 3.31. The highest BCUT2D eigenvalue weighted by atomic mass is 79.9. The fraction of sp³-hybridized carbons (Fsp3) is 0.588. The van der Waals surface area contributed by atoms with Gasteiger partial charge in [0, 0.05) is 10.0 Å². The smallest absolute Gasteiger partial charge is 0.408 e. The van der Waals surface area contributed by atoms with Crippen molar-refractivity contribution in [2.75, 3.05) is 13.2 Å². The normalized spacial score (nSPS) is 21.4. The number of carbonyl (C=O) groups excluding carboxylic acids is 1. The Morgan fingerprint density at radius 3 is 2.83 bits per heavy atom. The van der Waals surface area contributed by atoms with Crippen LogP contribution in [-0.4, -0.2) is 42.2 Å². The molecular weight excluding hydrogens is 378 g/mol. The summed E-state index contributed by atoms with van der Waals surface area (Å²) in [6.07, 6.45) is -1.53. The molecule has 2 rings (SSSR count). The topological polar surface area (TPSA) is 77.0 Å². The lowest BCUT2D eigenvalue weighted by molar-refractivity contribution is -0.0486. The number of aliphatic hydroxyl groups is 1. The summed E-state index contributed by atoms with van der Waals surface area (Å²) in [6, 6.07) is 5.18. The minimum atomic E-state index is -0.599. The Bertz CT molecular complexity index is 585. The van der Waals surface area contributed by atoms with Gasteiger partial charge in [0.05, 0.1) is 18.8 Å². The first-order valence-corrected chi connectivity index (χ1v) is 8.66. The summed E-state index contributed by atoms with van der Waals surface area (Å²) in [6.45, 7) is 7.50. The molecule has 0 radical (unpaired) electrons. The molecule has 0 spiro atoms. The highest BCUT2D eigenvalue weighted by Gasteiger charge is 2.34. The average Bonchev–Trinajstić information content (AvgIpc) is 2.43. The van der Waals surface area contributed by atoms with Crippen molar-refractivity contribution in [2.45, 2.75) is 51.5 Å². The number of ether oxygens (including phenoxy) is 3. The first-order valence-electron chi connectivity index (χ1n) is 7.87. The van der Waals surface area contributed by atoms with Crippen LogP contribution in [0, 0.1) is 0 Å². The van der Waals surface area contributed by atoms with Crippen molar-refractivity contribution in [3.8, 4) is 5.75 Å². The number of hydrogen-bond acceptors (Lipinski definition) is 5. The number of hydrogen-bond donors (Lipinski definition) is 2. The van der Waals surface area contributed by atoms with Crippen molar-refractivity contribution < 1.29 is 24.1 Å². The van der Waals surface area contributed by atoms with E-state index < -0.39 is 29.9 Å². The number of aliphatic hydroxyl groups excluding tert-OH is 1. The zero-order chi connectivity index (χ0) is 17.9. The van der Waals surface area contributed by atoms with Gasteiger partial charge in [0.25, 0.3) is 0 Å². The lowest BCUT2D eigenvalue weighted by atomic mass is 9.98. The number of alkyl carbamates (subject to hydrolysis) is 1. The van der Waals surface area contributed by atoms with Gasteiger partial charge in [0.2, 0.25) is 0 Å². The predicted molar refractivity (Wildman–Crippen MR) is 93.2 cm³/mol. The van der Waals surface area contributed by atoms with E-state index in [1.165, 1.54) is 0 Å². The summed E-state index contributed by atoms with van der Waals surface area (Å²) in [5, 5.41) is 12.3. The van der Waals surface area contributed by atoms with E-state index >= 15 is 0 Å². The van der Waals surface area contributed by atoms with E-state index in [1.807, 2.05) is 39.0 Å². The van der Waals surface area contributed by atoms with Gasteiger partial charge in [-0.15, -0.1) is 0 Å². The van der Waals surface area contributed by atoms with Gasteiger partial charge in [0.15, 0.2) is 0 Å². The van der Waals surface area contributed by atoms with Crippen LogP contribution in [0.25, 0.3) is 0 Å². The van der Waals surface area contributed by atoms with Crippen molar-refractivity contribution in [1.29, 1.82) is 0 Å². The fourth-order valence-electron chi connectivity index (χ4n) is 2.37. The summed E-state index contributed by atoms with van der Waals surface area (Å²) in [5.74, 6) is 0.683. The summed E-state index contributed by atoms with van der Waals surface area (Å²) < 4.78 is 17.7. The van der Waals surface area contributed by atoms with Gasteiger partial charge in [-0.1, -0.05) is 22.0 Å². The Balaban J connectivity index is 2.20. The highest BCUT2D eigenvalue weighted by molar-refractivity contribution is 9.10. The second-order valence-electron chi connectivity index (χ2n) is 6.84. The van der Waals surface area contributed by atoms with Gasteiger partial charge in [0.1, 0.15) is 24.1 Å². The lowest BCUT2D eigenvalue weighted by Crippen LogP contribution is -2.45. The summed E-state index contributed by atoms with van der Waals surface area (Å²) in [5.41, 5.74) is 0.221. The van der Waals surface area contributed by atoms with E-state index in [2.05, 4.69) is 21.2 Å². The molecule has 1 heterocycles. The largest absolute Gasteiger partial charge is 0.490 e. The number of benzene rings is 1. The SMILES string of the molecule is C[C@H](O)CO[C@@H]1COc2cc(Br)ccc2[C@@H]1NC(=O)OC(C)(C)C. The molecule has 1 aliphatic rings. The van der Waals surface area contributed by atoms with Gasteiger partial charge in [-0.05, 0) is 39.8 Å². The van der Waals surface area contributed by atoms with E-state index in [4.69, 9.17) is 14.2 Å². The molecule has 6 nitrogen and oxygen atoms in total. The number of nitrogens with one attached hydrogen (secondary N) is 1. The molecule has 7 heteroatoms. The van der Waals surface area contributed by atoms with Gasteiger partial charge in [-0.2, -0.15) is 0 Å². The molecule has 0 aromatic heterocycles. The Labute approximate surface area is 150 Å². The molecule has 0 fully saturated rings. The molecule has 0 unspecified atom stereocenters. The molecule has 3 atom stereocenters. The number of carbonyl (C=O) groups is 1. The second kappa shape index (κ2) is 7.72. The fourth-order valence-corrected chi connectivity index (χ4v) is 2.71. The average molecular weight is 402 g/mol. The predicted octanol–water partition coefficient (Wildman–Crippen LogP) is 3.17. The molecule has 1 aromatic rings. The van der Waals surface area contributed by atoms with Crippen LogP contribution >= 0.6 is 15.9 Å². The Morgan fingerprint density at radius 1 is 1.50 bits per heavy atom. The zero-order valence-electron chi connectivity index (χ0n) is 14.3. The monoisotopic (exact) mass is 401 g/mol.